The zero-order valence-corrected chi connectivity index (χ0v) is 11.0. The van der Waals surface area contributed by atoms with Crippen LogP contribution in [0.25, 0.3) is 11.1 Å². The zero-order chi connectivity index (χ0) is 13.1. The molecule has 4 nitrogen and oxygen atoms in total. The Balaban J connectivity index is 1.78. The molecule has 4 heteroatoms. The highest BCUT2D eigenvalue weighted by Gasteiger charge is 2.19. The Morgan fingerprint density at radius 1 is 1.32 bits per heavy atom. The van der Waals surface area contributed by atoms with Crippen LogP contribution in [-0.4, -0.2) is 10.1 Å². The van der Waals surface area contributed by atoms with E-state index in [1.165, 1.54) is 32.1 Å². The highest BCUT2D eigenvalue weighted by Crippen LogP contribution is 2.33. The second kappa shape index (κ2) is 5.43. The van der Waals surface area contributed by atoms with Gasteiger partial charge < -0.3 is 10.3 Å². The van der Waals surface area contributed by atoms with E-state index in [0.29, 0.717) is 5.82 Å². The molecule has 0 saturated heterocycles. The Bertz CT molecular complexity index is 530. The fourth-order valence-corrected chi connectivity index (χ4v) is 2.96. The minimum atomic E-state index is 0.467. The van der Waals surface area contributed by atoms with Crippen LogP contribution in [0.15, 0.2) is 29.0 Å². The summed E-state index contributed by atoms with van der Waals surface area (Å²) in [6, 6.07) is 3.90. The van der Waals surface area contributed by atoms with Gasteiger partial charge in [0.2, 0.25) is 0 Å². The third-order valence-corrected chi connectivity index (χ3v) is 3.99. The first kappa shape index (κ1) is 12.2. The minimum absolute atomic E-state index is 0.467. The standard InChI is InChI=1S/C15H19N3O/c16-15-14(12-6-3-9-17-10-12)13(19-18-15)8-7-11-4-1-2-5-11/h3,6,9-11H,1-2,4-5,7-8H2,(H2,16,18). The van der Waals surface area contributed by atoms with Gasteiger partial charge in [-0.1, -0.05) is 36.9 Å². The highest BCUT2D eigenvalue weighted by molar-refractivity contribution is 5.74. The summed E-state index contributed by atoms with van der Waals surface area (Å²) in [7, 11) is 0. The van der Waals surface area contributed by atoms with Crippen molar-refractivity contribution in [2.45, 2.75) is 38.5 Å². The quantitative estimate of drug-likeness (QED) is 0.911. The number of nitrogens with two attached hydrogens (primary N) is 1. The van der Waals surface area contributed by atoms with Crippen molar-refractivity contribution in [2.24, 2.45) is 5.92 Å². The molecular weight excluding hydrogens is 238 g/mol. The third kappa shape index (κ3) is 2.62. The van der Waals surface area contributed by atoms with Crippen molar-refractivity contribution < 1.29 is 4.52 Å². The lowest BCUT2D eigenvalue weighted by Gasteiger charge is -2.07. The van der Waals surface area contributed by atoms with Crippen molar-refractivity contribution in [1.82, 2.24) is 10.1 Å². The molecule has 1 fully saturated rings. The van der Waals surface area contributed by atoms with Crippen LogP contribution in [-0.2, 0) is 6.42 Å². The molecule has 2 aromatic rings. The molecule has 3 rings (SSSR count). The third-order valence-electron chi connectivity index (χ3n) is 3.99. The Morgan fingerprint density at radius 2 is 2.16 bits per heavy atom. The van der Waals surface area contributed by atoms with Gasteiger partial charge in [0.1, 0.15) is 5.76 Å². The number of aromatic nitrogens is 2. The van der Waals surface area contributed by atoms with Gasteiger partial charge in [-0.25, -0.2) is 0 Å². The molecule has 2 N–H and O–H groups in total. The molecule has 19 heavy (non-hydrogen) atoms. The molecule has 0 atom stereocenters. The van der Waals surface area contributed by atoms with E-state index in [9.17, 15) is 0 Å². The first-order chi connectivity index (χ1) is 9.34. The molecule has 0 spiro atoms. The summed E-state index contributed by atoms with van der Waals surface area (Å²) in [6.45, 7) is 0. The van der Waals surface area contributed by atoms with E-state index in [2.05, 4.69) is 10.1 Å². The Labute approximate surface area is 113 Å². The lowest BCUT2D eigenvalue weighted by molar-refractivity contribution is 0.370. The van der Waals surface area contributed by atoms with Gasteiger partial charge in [-0.2, -0.15) is 0 Å². The molecule has 1 aliphatic carbocycles. The fraction of sp³-hybridized carbons (Fsp3) is 0.467. The SMILES string of the molecule is Nc1noc(CCC2CCCC2)c1-c1cccnc1. The molecule has 2 aromatic heterocycles. The number of anilines is 1. The predicted molar refractivity (Wildman–Crippen MR) is 74.4 cm³/mol. The van der Waals surface area contributed by atoms with Gasteiger partial charge >= 0.3 is 0 Å². The van der Waals surface area contributed by atoms with E-state index < -0.39 is 0 Å². The van der Waals surface area contributed by atoms with Gasteiger partial charge in [0.05, 0.1) is 5.56 Å². The van der Waals surface area contributed by atoms with Crippen LogP contribution in [0.5, 0.6) is 0 Å². The number of rotatable bonds is 4. The lowest BCUT2D eigenvalue weighted by Crippen LogP contribution is -1.97. The van der Waals surface area contributed by atoms with Crippen molar-refractivity contribution in [1.29, 1.82) is 0 Å². The maximum atomic E-state index is 5.92. The molecule has 0 amide bonds. The van der Waals surface area contributed by atoms with Gasteiger partial charge in [-0.15, -0.1) is 0 Å². The maximum absolute atomic E-state index is 5.92. The van der Waals surface area contributed by atoms with Crippen LogP contribution in [0.3, 0.4) is 0 Å². The normalized spacial score (nSPS) is 16.0. The summed E-state index contributed by atoms with van der Waals surface area (Å²) in [4.78, 5) is 4.14. The smallest absolute Gasteiger partial charge is 0.175 e. The van der Waals surface area contributed by atoms with E-state index in [1.807, 2.05) is 18.3 Å². The molecule has 0 bridgehead atoms. The van der Waals surface area contributed by atoms with Crippen LogP contribution in [0.1, 0.15) is 37.9 Å². The molecule has 1 aliphatic rings. The first-order valence-electron chi connectivity index (χ1n) is 6.99. The number of aryl methyl sites for hydroxylation is 1. The van der Waals surface area contributed by atoms with Crippen molar-refractivity contribution in [3.05, 3.63) is 30.3 Å². The minimum Gasteiger partial charge on any atom is -0.380 e. The van der Waals surface area contributed by atoms with Crippen LogP contribution < -0.4 is 5.73 Å². The largest absolute Gasteiger partial charge is 0.380 e. The second-order valence-electron chi connectivity index (χ2n) is 5.30. The molecular formula is C15H19N3O. The average molecular weight is 257 g/mol. The molecule has 2 heterocycles. The molecule has 1 saturated carbocycles. The summed E-state index contributed by atoms with van der Waals surface area (Å²) < 4.78 is 5.41. The molecule has 0 radical (unpaired) electrons. The first-order valence-corrected chi connectivity index (χ1v) is 6.99. The van der Waals surface area contributed by atoms with E-state index >= 15 is 0 Å². The summed E-state index contributed by atoms with van der Waals surface area (Å²) in [5.41, 5.74) is 7.84. The second-order valence-corrected chi connectivity index (χ2v) is 5.30. The summed E-state index contributed by atoms with van der Waals surface area (Å²) >= 11 is 0. The van der Waals surface area contributed by atoms with E-state index in [1.54, 1.807) is 6.20 Å². The predicted octanol–water partition coefficient (Wildman–Crippen LogP) is 3.44. The number of hydrogen-bond acceptors (Lipinski definition) is 4. The van der Waals surface area contributed by atoms with Crippen LogP contribution in [0.4, 0.5) is 5.82 Å². The van der Waals surface area contributed by atoms with Gasteiger partial charge in [-0.3, -0.25) is 4.98 Å². The van der Waals surface area contributed by atoms with Gasteiger partial charge in [0, 0.05) is 24.4 Å². The van der Waals surface area contributed by atoms with Crippen LogP contribution in [0.2, 0.25) is 0 Å². The monoisotopic (exact) mass is 257 g/mol. The number of hydrogen-bond donors (Lipinski definition) is 1. The van der Waals surface area contributed by atoms with Crippen molar-refractivity contribution in [3.63, 3.8) is 0 Å². The fourth-order valence-electron chi connectivity index (χ4n) is 2.96. The van der Waals surface area contributed by atoms with E-state index in [4.69, 9.17) is 10.3 Å². The summed E-state index contributed by atoms with van der Waals surface area (Å²) in [5, 5.41) is 3.91. The van der Waals surface area contributed by atoms with Crippen molar-refractivity contribution in [3.8, 4) is 11.1 Å². The number of pyridine rings is 1. The van der Waals surface area contributed by atoms with Crippen molar-refractivity contribution in [2.75, 3.05) is 5.73 Å². The highest BCUT2D eigenvalue weighted by atomic mass is 16.5. The molecule has 0 aromatic carbocycles. The van der Waals surface area contributed by atoms with Crippen molar-refractivity contribution >= 4 is 5.82 Å². The Hall–Kier alpha value is -1.84. The zero-order valence-electron chi connectivity index (χ0n) is 11.0. The molecule has 0 unspecified atom stereocenters. The van der Waals surface area contributed by atoms with Gasteiger partial charge in [0.15, 0.2) is 5.82 Å². The molecule has 100 valence electrons. The Kier molecular flexibility index (Phi) is 3.49. The van der Waals surface area contributed by atoms with Crippen LogP contribution >= 0.6 is 0 Å². The van der Waals surface area contributed by atoms with Gasteiger partial charge in [-0.05, 0) is 18.4 Å². The average Bonchev–Trinajstić information content (AvgIpc) is 3.07. The van der Waals surface area contributed by atoms with Gasteiger partial charge in [0.25, 0.3) is 0 Å². The topological polar surface area (TPSA) is 64.9 Å². The maximum Gasteiger partial charge on any atom is 0.175 e. The lowest BCUT2D eigenvalue weighted by atomic mass is 9.98. The Morgan fingerprint density at radius 3 is 2.89 bits per heavy atom. The molecule has 0 aliphatic heterocycles. The summed E-state index contributed by atoms with van der Waals surface area (Å²) in [6.07, 6.45) is 11.1. The van der Waals surface area contributed by atoms with E-state index in [-0.39, 0.29) is 0 Å². The van der Waals surface area contributed by atoms with E-state index in [0.717, 1.165) is 29.2 Å². The summed E-state index contributed by atoms with van der Waals surface area (Å²) in [5.74, 6) is 2.21. The number of nitrogens with zero attached hydrogens (tertiary/aromatic N) is 2. The van der Waals surface area contributed by atoms with Crippen LogP contribution in [0, 0.1) is 5.92 Å². The number of nitrogen functional groups attached to an aromatic ring is 1.